The maximum atomic E-state index is 5.22. The first-order valence-electron chi connectivity index (χ1n) is 4.87. The lowest BCUT2D eigenvalue weighted by Crippen LogP contribution is -2.46. The molecule has 0 radical (unpaired) electrons. The summed E-state index contributed by atoms with van der Waals surface area (Å²) in [6, 6.07) is 0. The fourth-order valence-electron chi connectivity index (χ4n) is 2.16. The third kappa shape index (κ3) is 1.58. The third-order valence-electron chi connectivity index (χ3n) is 3.07. The molecule has 0 bridgehead atoms. The molecule has 0 heterocycles. The number of hydrogen-bond acceptors (Lipinski definition) is 1. The average Bonchev–Trinajstić information content (AvgIpc) is 1.87. The number of rotatable bonds is 1. The van der Waals surface area contributed by atoms with Crippen molar-refractivity contribution >= 4 is 0 Å². The van der Waals surface area contributed by atoms with Crippen LogP contribution in [0.5, 0.6) is 0 Å². The Kier molecular flexibility index (Phi) is 2.94. The summed E-state index contributed by atoms with van der Waals surface area (Å²) in [7, 11) is 1.83. The Bertz CT molecular complexity index is 108. The molecule has 2 saturated carbocycles. The topological polar surface area (TPSA) is 9.23 Å². The van der Waals surface area contributed by atoms with E-state index in [0.717, 1.165) is 5.41 Å². The van der Waals surface area contributed by atoms with Crippen molar-refractivity contribution in [2.75, 3.05) is 7.11 Å². The predicted octanol–water partition coefficient (Wildman–Crippen LogP) is 2.99. The Balaban J connectivity index is 0.000000281. The Morgan fingerprint density at radius 1 is 1.18 bits per heavy atom. The Hall–Kier alpha value is -0.0400. The molecule has 0 aromatic carbocycles. The minimum absolute atomic E-state index is 0.616. The zero-order valence-corrected chi connectivity index (χ0v) is 8.02. The van der Waals surface area contributed by atoms with Crippen LogP contribution in [0.25, 0.3) is 0 Å². The van der Waals surface area contributed by atoms with Crippen molar-refractivity contribution in [3.05, 3.63) is 0 Å². The molecule has 1 spiro atoms. The van der Waals surface area contributed by atoms with Gasteiger partial charge in [-0.05, 0) is 31.1 Å². The quantitative estimate of drug-likeness (QED) is 0.567. The summed E-state index contributed by atoms with van der Waals surface area (Å²) in [5.41, 5.74) is 0.792. The van der Waals surface area contributed by atoms with Crippen molar-refractivity contribution in [3.63, 3.8) is 0 Å². The van der Waals surface area contributed by atoms with E-state index in [0.29, 0.717) is 6.10 Å². The first-order chi connectivity index (χ1) is 5.35. The van der Waals surface area contributed by atoms with Crippen LogP contribution < -0.4 is 0 Å². The smallest absolute Gasteiger partial charge is 0.0582 e. The Labute approximate surface area is 70.1 Å². The summed E-state index contributed by atoms with van der Waals surface area (Å²) in [6.07, 6.45) is 7.74. The average molecular weight is 156 g/mol. The summed E-state index contributed by atoms with van der Waals surface area (Å²) >= 11 is 0. The van der Waals surface area contributed by atoms with Crippen LogP contribution in [0.1, 0.15) is 46.0 Å². The molecule has 2 aliphatic rings. The molecule has 0 N–H and O–H groups in total. The van der Waals surface area contributed by atoms with E-state index in [2.05, 4.69) is 0 Å². The van der Waals surface area contributed by atoms with E-state index in [4.69, 9.17) is 4.74 Å². The molecule has 1 heteroatoms. The fourth-order valence-corrected chi connectivity index (χ4v) is 2.16. The molecule has 1 nitrogen and oxygen atoms in total. The van der Waals surface area contributed by atoms with Gasteiger partial charge in [0.05, 0.1) is 6.10 Å². The SMILES string of the molecule is CC.COC1CC2(CCC2)C1. The first kappa shape index (κ1) is 9.05. The predicted molar refractivity (Wildman–Crippen MR) is 47.7 cm³/mol. The van der Waals surface area contributed by atoms with Crippen LogP contribution in [0.2, 0.25) is 0 Å². The van der Waals surface area contributed by atoms with Crippen molar-refractivity contribution in [1.82, 2.24) is 0 Å². The zero-order chi connectivity index (χ0) is 8.32. The highest BCUT2D eigenvalue weighted by Crippen LogP contribution is 2.56. The second kappa shape index (κ2) is 3.57. The van der Waals surface area contributed by atoms with Crippen LogP contribution >= 0.6 is 0 Å². The van der Waals surface area contributed by atoms with Gasteiger partial charge < -0.3 is 4.74 Å². The highest BCUT2D eigenvalue weighted by atomic mass is 16.5. The molecule has 0 atom stereocenters. The van der Waals surface area contributed by atoms with Crippen LogP contribution in [-0.2, 0) is 4.74 Å². The molecule has 2 rings (SSSR count). The van der Waals surface area contributed by atoms with Crippen LogP contribution in [0, 0.1) is 5.41 Å². The molecule has 2 aliphatic carbocycles. The van der Waals surface area contributed by atoms with Crippen LogP contribution in [-0.4, -0.2) is 13.2 Å². The van der Waals surface area contributed by atoms with Gasteiger partial charge >= 0.3 is 0 Å². The summed E-state index contributed by atoms with van der Waals surface area (Å²) in [6.45, 7) is 4.00. The summed E-state index contributed by atoms with van der Waals surface area (Å²) < 4.78 is 5.22. The molecular formula is C10H20O. The molecule has 0 aromatic rings. The van der Waals surface area contributed by atoms with Crippen molar-refractivity contribution in [1.29, 1.82) is 0 Å². The van der Waals surface area contributed by atoms with E-state index in [-0.39, 0.29) is 0 Å². The highest BCUT2D eigenvalue weighted by Gasteiger charge is 2.48. The monoisotopic (exact) mass is 156 g/mol. The van der Waals surface area contributed by atoms with Crippen LogP contribution in [0.3, 0.4) is 0 Å². The second-order valence-corrected chi connectivity index (χ2v) is 3.62. The van der Waals surface area contributed by atoms with Gasteiger partial charge in [0.15, 0.2) is 0 Å². The Morgan fingerprint density at radius 2 is 1.73 bits per heavy atom. The van der Waals surface area contributed by atoms with Crippen molar-refractivity contribution in [2.45, 2.75) is 52.1 Å². The minimum atomic E-state index is 0.616. The van der Waals surface area contributed by atoms with E-state index in [1.54, 1.807) is 0 Å². The highest BCUT2D eigenvalue weighted by molar-refractivity contribution is 4.99. The molecule has 0 saturated heterocycles. The van der Waals surface area contributed by atoms with Gasteiger partial charge in [-0.1, -0.05) is 20.3 Å². The van der Waals surface area contributed by atoms with Gasteiger partial charge in [0, 0.05) is 7.11 Å². The third-order valence-corrected chi connectivity index (χ3v) is 3.07. The summed E-state index contributed by atoms with van der Waals surface area (Å²) in [4.78, 5) is 0. The molecular weight excluding hydrogens is 136 g/mol. The number of hydrogen-bond donors (Lipinski definition) is 0. The standard InChI is InChI=1S/C8H14O.C2H6/c1-9-7-5-8(6-7)3-2-4-8;1-2/h7H,2-6H2,1H3;1-2H3. The van der Waals surface area contributed by atoms with Gasteiger partial charge in [-0.25, -0.2) is 0 Å². The van der Waals surface area contributed by atoms with E-state index in [9.17, 15) is 0 Å². The van der Waals surface area contributed by atoms with E-state index in [1.165, 1.54) is 32.1 Å². The maximum Gasteiger partial charge on any atom is 0.0582 e. The van der Waals surface area contributed by atoms with E-state index >= 15 is 0 Å². The number of ether oxygens (including phenoxy) is 1. The summed E-state index contributed by atoms with van der Waals surface area (Å²) in [5.74, 6) is 0. The van der Waals surface area contributed by atoms with Crippen molar-refractivity contribution < 1.29 is 4.74 Å². The maximum absolute atomic E-state index is 5.22. The lowest BCUT2D eigenvalue weighted by molar-refractivity contribution is -0.100. The van der Waals surface area contributed by atoms with Crippen LogP contribution in [0.4, 0.5) is 0 Å². The molecule has 11 heavy (non-hydrogen) atoms. The van der Waals surface area contributed by atoms with Gasteiger partial charge in [-0.2, -0.15) is 0 Å². The molecule has 0 unspecified atom stereocenters. The van der Waals surface area contributed by atoms with Gasteiger partial charge in [0.25, 0.3) is 0 Å². The second-order valence-electron chi connectivity index (χ2n) is 3.62. The van der Waals surface area contributed by atoms with Crippen molar-refractivity contribution in [2.24, 2.45) is 5.41 Å². The van der Waals surface area contributed by atoms with E-state index in [1.807, 2.05) is 21.0 Å². The van der Waals surface area contributed by atoms with Crippen molar-refractivity contribution in [3.8, 4) is 0 Å². The van der Waals surface area contributed by atoms with Gasteiger partial charge in [-0.3, -0.25) is 0 Å². The molecule has 2 fully saturated rings. The van der Waals surface area contributed by atoms with Gasteiger partial charge in [0.2, 0.25) is 0 Å². The summed E-state index contributed by atoms with van der Waals surface area (Å²) in [5, 5.41) is 0. The fraction of sp³-hybridized carbons (Fsp3) is 1.00. The van der Waals surface area contributed by atoms with Gasteiger partial charge in [0.1, 0.15) is 0 Å². The molecule has 0 amide bonds. The van der Waals surface area contributed by atoms with Gasteiger partial charge in [-0.15, -0.1) is 0 Å². The lowest BCUT2D eigenvalue weighted by Gasteiger charge is -2.53. The van der Waals surface area contributed by atoms with Crippen LogP contribution in [0.15, 0.2) is 0 Å². The van der Waals surface area contributed by atoms with E-state index < -0.39 is 0 Å². The molecule has 0 aromatic heterocycles. The molecule has 66 valence electrons. The molecule has 0 aliphatic heterocycles. The Morgan fingerprint density at radius 3 is 2.00 bits per heavy atom. The number of methoxy groups -OCH3 is 1. The first-order valence-corrected chi connectivity index (χ1v) is 4.87. The lowest BCUT2D eigenvalue weighted by atomic mass is 9.55. The zero-order valence-electron chi connectivity index (χ0n) is 8.02. The normalized spacial score (nSPS) is 26.5. The largest absolute Gasteiger partial charge is 0.381 e. The minimum Gasteiger partial charge on any atom is -0.381 e.